The Kier molecular flexibility index (Phi) is 7.25. The van der Waals surface area contributed by atoms with Crippen LogP contribution in [0.3, 0.4) is 0 Å². The minimum atomic E-state index is -0.0636. The minimum absolute atomic E-state index is 0.0636. The van der Waals surface area contributed by atoms with Crippen molar-refractivity contribution >= 4 is 11.8 Å². The fourth-order valence-electron chi connectivity index (χ4n) is 2.82. The van der Waals surface area contributed by atoms with E-state index >= 15 is 0 Å². The summed E-state index contributed by atoms with van der Waals surface area (Å²) in [5.74, 6) is 0.644. The molecule has 5 nitrogen and oxygen atoms in total. The van der Waals surface area contributed by atoms with E-state index in [0.29, 0.717) is 24.4 Å². The molecule has 5 heteroatoms. The van der Waals surface area contributed by atoms with Gasteiger partial charge in [0.1, 0.15) is 0 Å². The van der Waals surface area contributed by atoms with Gasteiger partial charge in [-0.05, 0) is 62.9 Å². The standard InChI is InChI=1S/C19H29N3O2/c1-3-14(2)22-19(24)17-6-4-5-16(11-17)13-21-18(23)8-7-15-9-10-20-12-15/h4-6,11,14-15,20H,3,7-10,12-13H2,1-2H3,(H,21,23)(H,22,24). The molecule has 1 fully saturated rings. The van der Waals surface area contributed by atoms with Gasteiger partial charge in [0.15, 0.2) is 0 Å². The summed E-state index contributed by atoms with van der Waals surface area (Å²) in [4.78, 5) is 24.1. The first-order chi connectivity index (χ1) is 11.6. The maximum Gasteiger partial charge on any atom is 0.251 e. The molecule has 2 amide bonds. The van der Waals surface area contributed by atoms with Gasteiger partial charge in [-0.1, -0.05) is 19.1 Å². The second kappa shape index (κ2) is 9.42. The van der Waals surface area contributed by atoms with Crippen molar-refractivity contribution < 1.29 is 9.59 Å². The van der Waals surface area contributed by atoms with Gasteiger partial charge < -0.3 is 16.0 Å². The first-order valence-corrected chi connectivity index (χ1v) is 8.95. The van der Waals surface area contributed by atoms with Gasteiger partial charge in [-0.15, -0.1) is 0 Å². The van der Waals surface area contributed by atoms with E-state index in [1.54, 1.807) is 6.07 Å². The number of carbonyl (C=O) groups is 2. The summed E-state index contributed by atoms with van der Waals surface area (Å²) >= 11 is 0. The summed E-state index contributed by atoms with van der Waals surface area (Å²) in [6.07, 6.45) is 3.58. The van der Waals surface area contributed by atoms with Gasteiger partial charge in [0.25, 0.3) is 5.91 Å². The van der Waals surface area contributed by atoms with Crippen LogP contribution in [-0.2, 0) is 11.3 Å². The summed E-state index contributed by atoms with van der Waals surface area (Å²) < 4.78 is 0. The lowest BCUT2D eigenvalue weighted by atomic mass is 10.0. The topological polar surface area (TPSA) is 70.2 Å². The van der Waals surface area contributed by atoms with Gasteiger partial charge in [-0.3, -0.25) is 9.59 Å². The predicted molar refractivity (Wildman–Crippen MR) is 95.7 cm³/mol. The number of rotatable bonds is 8. The van der Waals surface area contributed by atoms with Gasteiger partial charge in [-0.25, -0.2) is 0 Å². The van der Waals surface area contributed by atoms with E-state index in [0.717, 1.165) is 31.5 Å². The largest absolute Gasteiger partial charge is 0.352 e. The molecule has 0 radical (unpaired) electrons. The van der Waals surface area contributed by atoms with Crippen LogP contribution in [0.15, 0.2) is 24.3 Å². The van der Waals surface area contributed by atoms with Crippen molar-refractivity contribution in [2.24, 2.45) is 5.92 Å². The second-order valence-corrected chi connectivity index (χ2v) is 6.66. The van der Waals surface area contributed by atoms with Gasteiger partial charge in [-0.2, -0.15) is 0 Å². The third kappa shape index (κ3) is 5.96. The van der Waals surface area contributed by atoms with Gasteiger partial charge in [0.05, 0.1) is 0 Å². The molecule has 2 unspecified atom stereocenters. The van der Waals surface area contributed by atoms with E-state index in [1.807, 2.05) is 32.0 Å². The van der Waals surface area contributed by atoms with Gasteiger partial charge in [0, 0.05) is 24.6 Å². The van der Waals surface area contributed by atoms with E-state index < -0.39 is 0 Å². The number of nitrogens with one attached hydrogen (secondary N) is 3. The van der Waals surface area contributed by atoms with Crippen molar-refractivity contribution in [1.29, 1.82) is 0 Å². The molecule has 3 N–H and O–H groups in total. The monoisotopic (exact) mass is 331 g/mol. The molecule has 0 bridgehead atoms. The second-order valence-electron chi connectivity index (χ2n) is 6.66. The summed E-state index contributed by atoms with van der Waals surface area (Å²) in [6.45, 7) is 6.59. The van der Waals surface area contributed by atoms with Crippen molar-refractivity contribution in [2.45, 2.75) is 52.1 Å². The zero-order valence-electron chi connectivity index (χ0n) is 14.7. The Morgan fingerprint density at radius 1 is 1.38 bits per heavy atom. The van der Waals surface area contributed by atoms with E-state index in [9.17, 15) is 9.59 Å². The third-order valence-corrected chi connectivity index (χ3v) is 4.61. The van der Waals surface area contributed by atoms with Crippen molar-refractivity contribution in [1.82, 2.24) is 16.0 Å². The Hall–Kier alpha value is -1.88. The minimum Gasteiger partial charge on any atom is -0.352 e. The number of hydrogen-bond donors (Lipinski definition) is 3. The van der Waals surface area contributed by atoms with Crippen molar-refractivity contribution in [2.75, 3.05) is 13.1 Å². The van der Waals surface area contributed by atoms with Crippen molar-refractivity contribution in [3.63, 3.8) is 0 Å². The summed E-state index contributed by atoms with van der Waals surface area (Å²) in [7, 11) is 0. The number of hydrogen-bond acceptors (Lipinski definition) is 3. The Balaban J connectivity index is 1.78. The lowest BCUT2D eigenvalue weighted by molar-refractivity contribution is -0.121. The first kappa shape index (κ1) is 18.5. The van der Waals surface area contributed by atoms with Crippen LogP contribution in [-0.4, -0.2) is 30.9 Å². The zero-order chi connectivity index (χ0) is 17.4. The highest BCUT2D eigenvalue weighted by atomic mass is 16.2. The average Bonchev–Trinajstić information content (AvgIpc) is 3.11. The number of benzene rings is 1. The van der Waals surface area contributed by atoms with Crippen LogP contribution >= 0.6 is 0 Å². The number of amides is 2. The van der Waals surface area contributed by atoms with E-state index in [-0.39, 0.29) is 17.9 Å². The van der Waals surface area contributed by atoms with Crippen LogP contribution in [0, 0.1) is 5.92 Å². The predicted octanol–water partition coefficient (Wildman–Crippen LogP) is 2.22. The smallest absolute Gasteiger partial charge is 0.251 e. The molecule has 0 aromatic heterocycles. The molecule has 1 aromatic rings. The summed E-state index contributed by atoms with van der Waals surface area (Å²) in [5, 5.41) is 9.23. The molecule has 0 saturated carbocycles. The van der Waals surface area contributed by atoms with Crippen LogP contribution < -0.4 is 16.0 Å². The normalized spacial score (nSPS) is 18.2. The summed E-state index contributed by atoms with van der Waals surface area (Å²) in [5.41, 5.74) is 1.58. The molecule has 0 aliphatic carbocycles. The highest BCUT2D eigenvalue weighted by Gasteiger charge is 2.15. The Morgan fingerprint density at radius 2 is 2.21 bits per heavy atom. The molecule has 1 saturated heterocycles. The molecule has 2 rings (SSSR count). The maximum atomic E-state index is 12.1. The van der Waals surface area contributed by atoms with Crippen LogP contribution in [0.1, 0.15) is 55.5 Å². The van der Waals surface area contributed by atoms with Gasteiger partial charge in [0.2, 0.25) is 5.91 Å². The Morgan fingerprint density at radius 3 is 2.92 bits per heavy atom. The molecule has 24 heavy (non-hydrogen) atoms. The number of carbonyl (C=O) groups excluding carboxylic acids is 2. The Labute approximate surface area is 144 Å². The van der Waals surface area contributed by atoms with Crippen LogP contribution in [0.2, 0.25) is 0 Å². The molecule has 1 aromatic carbocycles. The first-order valence-electron chi connectivity index (χ1n) is 8.95. The molecule has 1 heterocycles. The molecule has 1 aliphatic heterocycles. The molecular weight excluding hydrogens is 302 g/mol. The van der Waals surface area contributed by atoms with Crippen LogP contribution in [0.4, 0.5) is 0 Å². The quantitative estimate of drug-likeness (QED) is 0.684. The molecule has 1 aliphatic rings. The fourth-order valence-corrected chi connectivity index (χ4v) is 2.82. The highest BCUT2D eigenvalue weighted by Crippen LogP contribution is 2.14. The maximum absolute atomic E-state index is 12.1. The van der Waals surface area contributed by atoms with Gasteiger partial charge >= 0.3 is 0 Å². The van der Waals surface area contributed by atoms with E-state index in [1.165, 1.54) is 6.42 Å². The lowest BCUT2D eigenvalue weighted by Gasteiger charge is -2.12. The molecule has 2 atom stereocenters. The fraction of sp³-hybridized carbons (Fsp3) is 0.579. The zero-order valence-corrected chi connectivity index (χ0v) is 14.7. The molecular formula is C19H29N3O2. The molecule has 0 spiro atoms. The van der Waals surface area contributed by atoms with E-state index in [2.05, 4.69) is 16.0 Å². The van der Waals surface area contributed by atoms with Crippen LogP contribution in [0.25, 0.3) is 0 Å². The SMILES string of the molecule is CCC(C)NC(=O)c1cccc(CNC(=O)CCC2CCNC2)c1. The molecule has 132 valence electrons. The van der Waals surface area contributed by atoms with Crippen molar-refractivity contribution in [3.8, 4) is 0 Å². The third-order valence-electron chi connectivity index (χ3n) is 4.61. The van der Waals surface area contributed by atoms with E-state index in [4.69, 9.17) is 0 Å². The highest BCUT2D eigenvalue weighted by molar-refractivity contribution is 5.94. The van der Waals surface area contributed by atoms with Crippen molar-refractivity contribution in [3.05, 3.63) is 35.4 Å². The summed E-state index contributed by atoms with van der Waals surface area (Å²) in [6, 6.07) is 7.60. The lowest BCUT2D eigenvalue weighted by Crippen LogP contribution is -2.32. The Bertz CT molecular complexity index is 553. The van der Waals surface area contributed by atoms with Crippen LogP contribution in [0.5, 0.6) is 0 Å². The average molecular weight is 331 g/mol.